The van der Waals surface area contributed by atoms with Gasteiger partial charge in [-0.2, -0.15) is 0 Å². The number of aromatic nitrogens is 1. The van der Waals surface area contributed by atoms with Gasteiger partial charge in [-0.25, -0.2) is 4.57 Å². The van der Waals surface area contributed by atoms with Gasteiger partial charge in [-0.1, -0.05) is 0 Å². The zero-order valence-corrected chi connectivity index (χ0v) is 6.40. The summed E-state index contributed by atoms with van der Waals surface area (Å²) in [4.78, 5) is 24.4. The van der Waals surface area contributed by atoms with Crippen molar-refractivity contribution < 1.29 is 24.7 Å². The van der Waals surface area contributed by atoms with Gasteiger partial charge in [-0.15, -0.1) is 0 Å². The number of H-pyrrole nitrogens is 1. The molecule has 66 valence electrons. The Bertz CT molecular complexity index is 167. The Balaban J connectivity index is 0. The molecule has 11 heavy (non-hydrogen) atoms. The third-order valence-corrected chi connectivity index (χ3v) is 0.496. The molecular formula is C4H10NO5P. The number of phosphoric acid groups is 1. The normalized spacial score (nSPS) is 9.00. The van der Waals surface area contributed by atoms with Gasteiger partial charge < -0.3 is 25.1 Å². The number of hydrogen-bond acceptors (Lipinski definition) is 1. The van der Waals surface area contributed by atoms with Crippen molar-refractivity contribution in [3.05, 3.63) is 24.5 Å². The smallest absolute Gasteiger partial charge is 0.412 e. The van der Waals surface area contributed by atoms with E-state index >= 15 is 0 Å². The predicted molar refractivity (Wildman–Crippen MR) is 38.7 cm³/mol. The minimum Gasteiger partial charge on any atom is -0.412 e. The summed E-state index contributed by atoms with van der Waals surface area (Å²) in [6.45, 7) is 0. The standard InChI is InChI=1S/C4H5N.H3O4P.H2O/c1-2-4-5-3-1;1-5(2,3)4;/h1-5H;(H3,1,2,3,4);1H2. The third kappa shape index (κ3) is 26.7. The number of hydrogen-bond donors (Lipinski definition) is 4. The Morgan fingerprint density at radius 3 is 1.45 bits per heavy atom. The van der Waals surface area contributed by atoms with Crippen molar-refractivity contribution in [3.8, 4) is 0 Å². The average molecular weight is 183 g/mol. The summed E-state index contributed by atoms with van der Waals surface area (Å²) < 4.78 is 8.88. The summed E-state index contributed by atoms with van der Waals surface area (Å²) in [7, 11) is -4.64. The van der Waals surface area contributed by atoms with E-state index in [0.717, 1.165) is 0 Å². The number of rotatable bonds is 0. The molecule has 0 amide bonds. The van der Waals surface area contributed by atoms with Crippen molar-refractivity contribution in [2.75, 3.05) is 0 Å². The van der Waals surface area contributed by atoms with Gasteiger partial charge in [0, 0.05) is 12.4 Å². The van der Waals surface area contributed by atoms with E-state index in [0.29, 0.717) is 0 Å². The first-order chi connectivity index (χ1) is 4.50. The molecule has 1 heterocycles. The molecule has 0 saturated heterocycles. The lowest BCUT2D eigenvalue weighted by atomic mass is 10.7. The summed E-state index contributed by atoms with van der Waals surface area (Å²) in [5.41, 5.74) is 0. The SMILES string of the molecule is O.O=P(O)(O)O.c1cc[nH]c1. The molecule has 0 spiro atoms. The molecule has 6 N–H and O–H groups in total. The topological polar surface area (TPSA) is 125 Å². The van der Waals surface area contributed by atoms with E-state index in [1.54, 1.807) is 0 Å². The maximum absolute atomic E-state index is 8.88. The fraction of sp³-hybridized carbons (Fsp3) is 0. The molecule has 1 rings (SSSR count). The Morgan fingerprint density at radius 1 is 1.09 bits per heavy atom. The molecule has 6 nitrogen and oxygen atoms in total. The van der Waals surface area contributed by atoms with Gasteiger partial charge in [-0.05, 0) is 12.1 Å². The third-order valence-electron chi connectivity index (χ3n) is 0.496. The fourth-order valence-electron chi connectivity index (χ4n) is 0.278. The first-order valence-corrected chi connectivity index (χ1v) is 3.93. The summed E-state index contributed by atoms with van der Waals surface area (Å²) in [5.74, 6) is 0. The van der Waals surface area contributed by atoms with Gasteiger partial charge in [-0.3, -0.25) is 0 Å². The minimum absolute atomic E-state index is 0. The Morgan fingerprint density at radius 2 is 1.36 bits per heavy atom. The van der Waals surface area contributed by atoms with E-state index in [1.165, 1.54) is 0 Å². The molecule has 0 bridgehead atoms. The van der Waals surface area contributed by atoms with Crippen LogP contribution >= 0.6 is 7.82 Å². The maximum Gasteiger partial charge on any atom is 0.466 e. The second-order valence-electron chi connectivity index (χ2n) is 1.40. The van der Waals surface area contributed by atoms with E-state index in [9.17, 15) is 0 Å². The molecule has 0 radical (unpaired) electrons. The Kier molecular flexibility index (Phi) is 7.18. The van der Waals surface area contributed by atoms with Crippen LogP contribution in [0.3, 0.4) is 0 Å². The van der Waals surface area contributed by atoms with Crippen LogP contribution in [0, 0.1) is 0 Å². The highest BCUT2D eigenvalue weighted by molar-refractivity contribution is 7.45. The second-order valence-corrected chi connectivity index (χ2v) is 2.42. The average Bonchev–Trinajstić information content (AvgIpc) is 2.07. The first-order valence-electron chi connectivity index (χ1n) is 2.36. The van der Waals surface area contributed by atoms with Crippen molar-refractivity contribution in [3.63, 3.8) is 0 Å². The lowest BCUT2D eigenvalue weighted by Gasteiger charge is -1.82. The molecule has 0 unspecified atom stereocenters. The monoisotopic (exact) mass is 183 g/mol. The number of aromatic amines is 1. The predicted octanol–water partition coefficient (Wildman–Crippen LogP) is -0.739. The van der Waals surface area contributed by atoms with Crippen LogP contribution in [0.5, 0.6) is 0 Å². The zero-order chi connectivity index (χ0) is 8.04. The van der Waals surface area contributed by atoms with Gasteiger partial charge in [0.2, 0.25) is 0 Å². The zero-order valence-electron chi connectivity index (χ0n) is 5.51. The van der Waals surface area contributed by atoms with E-state index in [2.05, 4.69) is 4.98 Å². The molecule has 1 aromatic rings. The fourth-order valence-corrected chi connectivity index (χ4v) is 0.278. The highest BCUT2D eigenvalue weighted by atomic mass is 31.2. The lowest BCUT2D eigenvalue weighted by Crippen LogP contribution is -1.66. The van der Waals surface area contributed by atoms with Gasteiger partial charge in [0.25, 0.3) is 0 Å². The molecule has 7 heteroatoms. The van der Waals surface area contributed by atoms with E-state index < -0.39 is 7.82 Å². The highest BCUT2D eigenvalue weighted by Crippen LogP contribution is 2.25. The van der Waals surface area contributed by atoms with Crippen LogP contribution in [-0.2, 0) is 4.57 Å². The second kappa shape index (κ2) is 6.09. The van der Waals surface area contributed by atoms with Crippen LogP contribution in [0.1, 0.15) is 0 Å². The van der Waals surface area contributed by atoms with Crippen LogP contribution < -0.4 is 0 Å². The summed E-state index contributed by atoms with van der Waals surface area (Å²) in [5, 5.41) is 0. The minimum atomic E-state index is -4.64. The van der Waals surface area contributed by atoms with Crippen molar-refractivity contribution >= 4 is 7.82 Å². The molecule has 0 aliphatic rings. The summed E-state index contributed by atoms with van der Waals surface area (Å²) in [6, 6.07) is 3.89. The first kappa shape index (κ1) is 13.0. The number of nitrogens with one attached hydrogen (secondary N) is 1. The van der Waals surface area contributed by atoms with Crippen molar-refractivity contribution in [1.82, 2.24) is 4.98 Å². The summed E-state index contributed by atoms with van der Waals surface area (Å²) in [6.07, 6.45) is 3.75. The molecular weight excluding hydrogens is 173 g/mol. The molecule has 1 aromatic heterocycles. The largest absolute Gasteiger partial charge is 0.466 e. The van der Waals surface area contributed by atoms with Crippen LogP contribution in [-0.4, -0.2) is 25.1 Å². The van der Waals surface area contributed by atoms with Crippen molar-refractivity contribution in [2.24, 2.45) is 0 Å². The van der Waals surface area contributed by atoms with E-state index in [-0.39, 0.29) is 5.48 Å². The van der Waals surface area contributed by atoms with Crippen LogP contribution in [0.2, 0.25) is 0 Å². The van der Waals surface area contributed by atoms with Gasteiger partial charge in [0.05, 0.1) is 0 Å². The van der Waals surface area contributed by atoms with Crippen LogP contribution in [0.15, 0.2) is 24.5 Å². The molecule has 0 atom stereocenters. The molecule has 0 aliphatic heterocycles. The summed E-state index contributed by atoms with van der Waals surface area (Å²) >= 11 is 0. The van der Waals surface area contributed by atoms with E-state index in [1.807, 2.05) is 24.5 Å². The Labute approximate surface area is 63.1 Å². The van der Waals surface area contributed by atoms with Gasteiger partial charge >= 0.3 is 7.82 Å². The maximum atomic E-state index is 8.88. The Hall–Kier alpha value is -0.650. The lowest BCUT2D eigenvalue weighted by molar-refractivity contribution is 0.275. The molecule has 0 aromatic carbocycles. The van der Waals surface area contributed by atoms with Crippen molar-refractivity contribution in [2.45, 2.75) is 0 Å². The molecule has 0 aliphatic carbocycles. The van der Waals surface area contributed by atoms with Crippen LogP contribution in [0.25, 0.3) is 0 Å². The van der Waals surface area contributed by atoms with Crippen LogP contribution in [0.4, 0.5) is 0 Å². The molecule has 0 fully saturated rings. The van der Waals surface area contributed by atoms with Gasteiger partial charge in [0.1, 0.15) is 0 Å². The quantitative estimate of drug-likeness (QED) is 0.395. The van der Waals surface area contributed by atoms with Gasteiger partial charge in [0.15, 0.2) is 0 Å². The highest BCUT2D eigenvalue weighted by Gasteiger charge is 2.00. The molecule has 0 saturated carbocycles. The van der Waals surface area contributed by atoms with E-state index in [4.69, 9.17) is 19.2 Å². The van der Waals surface area contributed by atoms with Crippen molar-refractivity contribution in [1.29, 1.82) is 0 Å².